The van der Waals surface area contributed by atoms with Gasteiger partial charge in [0.25, 0.3) is 0 Å². The average molecular weight is 208 g/mol. The van der Waals surface area contributed by atoms with Crippen LogP contribution in [0.5, 0.6) is 0 Å². The highest BCUT2D eigenvalue weighted by Gasteiger charge is 2.41. The minimum absolute atomic E-state index is 0.257. The number of piperazine rings is 1. The molecule has 2 atom stereocenters. The first-order valence-corrected chi connectivity index (χ1v) is 6.23. The smallest absolute Gasteiger partial charge is 0.0577 e. The summed E-state index contributed by atoms with van der Waals surface area (Å²) in [7, 11) is 0. The lowest BCUT2D eigenvalue weighted by Gasteiger charge is -2.39. The Hall–Kier alpha value is -0.380. The minimum atomic E-state index is 0.257. The lowest BCUT2D eigenvalue weighted by molar-refractivity contribution is 0.233. The van der Waals surface area contributed by atoms with Gasteiger partial charge in [-0.15, -0.1) is 11.3 Å². The molecule has 1 saturated heterocycles. The van der Waals surface area contributed by atoms with Crippen LogP contribution in [-0.2, 0) is 12.0 Å². The molecule has 2 aliphatic rings. The van der Waals surface area contributed by atoms with Gasteiger partial charge in [-0.25, -0.2) is 0 Å². The Balaban J connectivity index is 1.98. The highest BCUT2D eigenvalue weighted by molar-refractivity contribution is 7.10. The molecule has 76 valence electrons. The monoisotopic (exact) mass is 208 g/mol. The predicted molar refractivity (Wildman–Crippen MR) is 59.8 cm³/mol. The number of thiophene rings is 1. The van der Waals surface area contributed by atoms with Crippen LogP contribution in [0, 0.1) is 0 Å². The van der Waals surface area contributed by atoms with Crippen molar-refractivity contribution < 1.29 is 0 Å². The van der Waals surface area contributed by atoms with Crippen LogP contribution in [0.25, 0.3) is 0 Å². The maximum absolute atomic E-state index is 3.78. The third kappa shape index (κ3) is 1.16. The fourth-order valence-electron chi connectivity index (χ4n) is 2.83. The molecule has 1 spiro atoms. The second-order valence-electron chi connectivity index (χ2n) is 4.52. The predicted octanol–water partition coefficient (Wildman–Crippen LogP) is 1.47. The number of hydrogen-bond donors (Lipinski definition) is 2. The van der Waals surface area contributed by atoms with E-state index >= 15 is 0 Å². The Morgan fingerprint density at radius 1 is 1.57 bits per heavy atom. The quantitative estimate of drug-likeness (QED) is 0.674. The zero-order valence-electron chi connectivity index (χ0n) is 8.47. The van der Waals surface area contributed by atoms with E-state index in [9.17, 15) is 0 Å². The summed E-state index contributed by atoms with van der Waals surface area (Å²) < 4.78 is 0. The molecule has 1 aliphatic carbocycles. The number of hydrogen-bond acceptors (Lipinski definition) is 3. The molecule has 2 heterocycles. The van der Waals surface area contributed by atoms with E-state index in [1.807, 2.05) is 11.3 Å². The van der Waals surface area contributed by atoms with E-state index in [4.69, 9.17) is 0 Å². The maximum atomic E-state index is 3.78. The van der Waals surface area contributed by atoms with Crippen LogP contribution in [-0.4, -0.2) is 19.1 Å². The second kappa shape index (κ2) is 3.05. The molecule has 2 unspecified atom stereocenters. The Labute approximate surface area is 88.7 Å². The van der Waals surface area contributed by atoms with Gasteiger partial charge in [0.2, 0.25) is 0 Å². The summed E-state index contributed by atoms with van der Waals surface area (Å²) in [4.78, 5) is 1.59. The second-order valence-corrected chi connectivity index (χ2v) is 5.52. The topological polar surface area (TPSA) is 24.1 Å². The highest BCUT2D eigenvalue weighted by Crippen LogP contribution is 2.40. The number of fused-ring (bicyclic) bond motifs is 2. The zero-order valence-corrected chi connectivity index (χ0v) is 9.29. The minimum Gasteiger partial charge on any atom is -0.313 e. The molecule has 3 heteroatoms. The molecule has 3 rings (SSSR count). The molecule has 0 bridgehead atoms. The molecule has 1 aromatic rings. The number of aryl methyl sites for hydroxylation is 1. The summed E-state index contributed by atoms with van der Waals surface area (Å²) in [6.45, 7) is 4.46. The highest BCUT2D eigenvalue weighted by atomic mass is 32.1. The van der Waals surface area contributed by atoms with Crippen molar-refractivity contribution >= 4 is 11.3 Å². The zero-order chi connectivity index (χ0) is 9.60. The third-order valence-electron chi connectivity index (χ3n) is 3.44. The first kappa shape index (κ1) is 8.89. The van der Waals surface area contributed by atoms with Crippen LogP contribution >= 0.6 is 11.3 Å². The van der Waals surface area contributed by atoms with Crippen molar-refractivity contribution in [3.63, 3.8) is 0 Å². The molecule has 0 saturated carbocycles. The van der Waals surface area contributed by atoms with Crippen molar-refractivity contribution in [2.24, 2.45) is 0 Å². The molecular formula is C11H16N2S. The van der Waals surface area contributed by atoms with Crippen molar-refractivity contribution in [1.29, 1.82) is 0 Å². The van der Waals surface area contributed by atoms with Crippen molar-refractivity contribution in [2.45, 2.75) is 31.3 Å². The third-order valence-corrected chi connectivity index (χ3v) is 4.42. The Morgan fingerprint density at radius 2 is 2.50 bits per heavy atom. The Kier molecular flexibility index (Phi) is 1.94. The van der Waals surface area contributed by atoms with Gasteiger partial charge in [0.15, 0.2) is 0 Å². The largest absolute Gasteiger partial charge is 0.313 e. The summed E-state index contributed by atoms with van der Waals surface area (Å²) >= 11 is 1.91. The molecule has 0 radical (unpaired) electrons. The maximum Gasteiger partial charge on any atom is 0.0577 e. The fourth-order valence-corrected chi connectivity index (χ4v) is 3.81. The van der Waals surface area contributed by atoms with Gasteiger partial charge in [-0.05, 0) is 36.8 Å². The molecule has 0 amide bonds. The van der Waals surface area contributed by atoms with Gasteiger partial charge < -0.3 is 10.6 Å². The van der Waals surface area contributed by atoms with E-state index in [2.05, 4.69) is 29.0 Å². The lowest BCUT2D eigenvalue weighted by Crippen LogP contribution is -2.59. The molecule has 1 aromatic heterocycles. The molecule has 0 aromatic carbocycles. The van der Waals surface area contributed by atoms with Gasteiger partial charge in [-0.2, -0.15) is 0 Å². The van der Waals surface area contributed by atoms with E-state index in [1.54, 1.807) is 10.4 Å². The SMILES string of the molecule is CC1CNCC2(CCc3sccc32)N1. The molecule has 2 nitrogen and oxygen atoms in total. The van der Waals surface area contributed by atoms with E-state index in [-0.39, 0.29) is 5.54 Å². The van der Waals surface area contributed by atoms with Crippen molar-refractivity contribution in [3.8, 4) is 0 Å². The van der Waals surface area contributed by atoms with E-state index in [0.29, 0.717) is 6.04 Å². The molecule has 1 fully saturated rings. The van der Waals surface area contributed by atoms with Crippen molar-refractivity contribution in [2.75, 3.05) is 13.1 Å². The van der Waals surface area contributed by atoms with Gasteiger partial charge >= 0.3 is 0 Å². The molecule has 1 aliphatic heterocycles. The van der Waals surface area contributed by atoms with E-state index < -0.39 is 0 Å². The van der Waals surface area contributed by atoms with Crippen LogP contribution < -0.4 is 10.6 Å². The van der Waals surface area contributed by atoms with Crippen LogP contribution in [0.4, 0.5) is 0 Å². The normalized spacial score (nSPS) is 36.2. The fraction of sp³-hybridized carbons (Fsp3) is 0.636. The van der Waals surface area contributed by atoms with Crippen molar-refractivity contribution in [3.05, 3.63) is 21.9 Å². The molecular weight excluding hydrogens is 192 g/mol. The van der Waals surface area contributed by atoms with E-state index in [1.165, 1.54) is 12.8 Å². The van der Waals surface area contributed by atoms with Crippen LogP contribution in [0.15, 0.2) is 11.4 Å². The van der Waals surface area contributed by atoms with E-state index in [0.717, 1.165) is 13.1 Å². The standard InChI is InChI=1S/C11H16N2S/c1-8-6-12-7-11(13-8)4-2-10-9(11)3-5-14-10/h3,5,8,12-13H,2,4,6-7H2,1H3. The van der Waals surface area contributed by atoms with Crippen LogP contribution in [0.1, 0.15) is 23.8 Å². The first-order valence-electron chi connectivity index (χ1n) is 5.35. The first-order chi connectivity index (χ1) is 6.80. The lowest BCUT2D eigenvalue weighted by atomic mass is 9.90. The van der Waals surface area contributed by atoms with Gasteiger partial charge in [0.1, 0.15) is 0 Å². The van der Waals surface area contributed by atoms with Crippen LogP contribution in [0.3, 0.4) is 0 Å². The molecule has 14 heavy (non-hydrogen) atoms. The van der Waals surface area contributed by atoms with Gasteiger partial charge in [0.05, 0.1) is 5.54 Å². The summed E-state index contributed by atoms with van der Waals surface area (Å²) in [5.41, 5.74) is 1.81. The summed E-state index contributed by atoms with van der Waals surface area (Å²) in [5, 5.41) is 9.55. The van der Waals surface area contributed by atoms with Gasteiger partial charge in [-0.3, -0.25) is 0 Å². The summed E-state index contributed by atoms with van der Waals surface area (Å²) in [6, 6.07) is 2.90. The van der Waals surface area contributed by atoms with Crippen molar-refractivity contribution in [1.82, 2.24) is 10.6 Å². The van der Waals surface area contributed by atoms with Crippen LogP contribution in [0.2, 0.25) is 0 Å². The van der Waals surface area contributed by atoms with Gasteiger partial charge in [0, 0.05) is 24.0 Å². The summed E-state index contributed by atoms with van der Waals surface area (Å²) in [5.74, 6) is 0. The average Bonchev–Trinajstić information content (AvgIpc) is 2.72. The molecule has 2 N–H and O–H groups in total. The van der Waals surface area contributed by atoms with Gasteiger partial charge in [-0.1, -0.05) is 0 Å². The number of rotatable bonds is 0. The Morgan fingerprint density at radius 3 is 3.36 bits per heavy atom. The Bertz CT molecular complexity index is 347. The summed E-state index contributed by atoms with van der Waals surface area (Å²) in [6.07, 6.45) is 2.53. The number of nitrogens with one attached hydrogen (secondary N) is 2.